The van der Waals surface area contributed by atoms with Gasteiger partial charge in [0.05, 0.1) is 0 Å². The Morgan fingerprint density at radius 3 is 2.71 bits per heavy atom. The molecule has 0 amide bonds. The number of ether oxygens (including phenoxy) is 1. The molecule has 2 nitrogen and oxygen atoms in total. The van der Waals surface area contributed by atoms with E-state index in [0.29, 0.717) is 16.5 Å². The van der Waals surface area contributed by atoms with Crippen LogP contribution in [0.25, 0.3) is 0 Å². The minimum Gasteiger partial charge on any atom is -0.464 e. The van der Waals surface area contributed by atoms with E-state index in [9.17, 15) is 4.79 Å². The fraction of sp³-hybridized carbons (Fsp3) is 0.308. The summed E-state index contributed by atoms with van der Waals surface area (Å²) in [7, 11) is 0. The predicted molar refractivity (Wildman–Crippen MR) is 68.5 cm³/mol. The first kappa shape index (κ1) is 12.5. The SMILES string of the molecule is O=COC1CC=CCC1c1ccc(Cl)cc1Cl. The first-order valence-corrected chi connectivity index (χ1v) is 6.17. The van der Waals surface area contributed by atoms with E-state index in [2.05, 4.69) is 6.08 Å². The molecule has 2 atom stereocenters. The maximum Gasteiger partial charge on any atom is 0.293 e. The topological polar surface area (TPSA) is 26.3 Å². The molecule has 2 unspecified atom stereocenters. The van der Waals surface area contributed by atoms with Gasteiger partial charge in [-0.25, -0.2) is 0 Å². The molecular formula is C13H12Cl2O2. The summed E-state index contributed by atoms with van der Waals surface area (Å²) in [5, 5.41) is 1.23. The van der Waals surface area contributed by atoms with E-state index in [-0.39, 0.29) is 12.0 Å². The Labute approximate surface area is 110 Å². The molecule has 0 saturated heterocycles. The first-order valence-electron chi connectivity index (χ1n) is 5.41. The van der Waals surface area contributed by atoms with Gasteiger partial charge >= 0.3 is 0 Å². The van der Waals surface area contributed by atoms with Crippen LogP contribution in [0.5, 0.6) is 0 Å². The highest BCUT2D eigenvalue weighted by Gasteiger charge is 2.26. The maximum absolute atomic E-state index is 10.5. The van der Waals surface area contributed by atoms with E-state index in [4.69, 9.17) is 27.9 Å². The molecule has 1 aromatic rings. The maximum atomic E-state index is 10.5. The van der Waals surface area contributed by atoms with Crippen molar-refractivity contribution in [2.24, 2.45) is 0 Å². The van der Waals surface area contributed by atoms with E-state index in [0.717, 1.165) is 18.4 Å². The minimum absolute atomic E-state index is 0.106. The van der Waals surface area contributed by atoms with Crippen molar-refractivity contribution in [3.05, 3.63) is 46.0 Å². The average molecular weight is 271 g/mol. The summed E-state index contributed by atoms with van der Waals surface area (Å²) in [6, 6.07) is 5.42. The highest BCUT2D eigenvalue weighted by molar-refractivity contribution is 6.35. The predicted octanol–water partition coefficient (Wildman–Crippen LogP) is 3.97. The van der Waals surface area contributed by atoms with Crippen LogP contribution in [0, 0.1) is 0 Å². The molecule has 1 aromatic carbocycles. The Morgan fingerprint density at radius 2 is 2.00 bits per heavy atom. The van der Waals surface area contributed by atoms with E-state index in [1.54, 1.807) is 12.1 Å². The summed E-state index contributed by atoms with van der Waals surface area (Å²) < 4.78 is 5.11. The van der Waals surface area contributed by atoms with Crippen LogP contribution < -0.4 is 0 Å². The summed E-state index contributed by atoms with van der Waals surface area (Å²) in [5.41, 5.74) is 0.979. The van der Waals surface area contributed by atoms with E-state index in [1.165, 1.54) is 0 Å². The highest BCUT2D eigenvalue weighted by atomic mass is 35.5. The molecule has 0 saturated carbocycles. The second-order valence-electron chi connectivity index (χ2n) is 3.99. The fourth-order valence-corrected chi connectivity index (χ4v) is 2.69. The summed E-state index contributed by atoms with van der Waals surface area (Å²) in [6.07, 6.45) is 5.51. The quantitative estimate of drug-likeness (QED) is 0.614. The van der Waals surface area contributed by atoms with Gasteiger partial charge in [0.25, 0.3) is 6.47 Å². The Morgan fingerprint density at radius 1 is 1.24 bits per heavy atom. The van der Waals surface area contributed by atoms with Crippen molar-refractivity contribution < 1.29 is 9.53 Å². The molecule has 0 radical (unpaired) electrons. The lowest BCUT2D eigenvalue weighted by Gasteiger charge is -2.27. The molecule has 0 spiro atoms. The van der Waals surface area contributed by atoms with E-state index < -0.39 is 0 Å². The van der Waals surface area contributed by atoms with Crippen molar-refractivity contribution in [3.8, 4) is 0 Å². The number of allylic oxidation sites excluding steroid dienone is 1. The van der Waals surface area contributed by atoms with Crippen LogP contribution >= 0.6 is 23.2 Å². The summed E-state index contributed by atoms with van der Waals surface area (Å²) in [5.74, 6) is 0.106. The normalized spacial score (nSPS) is 23.4. The molecular weight excluding hydrogens is 259 g/mol. The second kappa shape index (κ2) is 5.56. The van der Waals surface area contributed by atoms with Crippen LogP contribution in [0.1, 0.15) is 24.3 Å². The van der Waals surface area contributed by atoms with Crippen LogP contribution in [-0.2, 0) is 9.53 Å². The van der Waals surface area contributed by atoms with Crippen molar-refractivity contribution in [2.75, 3.05) is 0 Å². The Bertz CT molecular complexity index is 443. The molecule has 0 heterocycles. The van der Waals surface area contributed by atoms with Crippen molar-refractivity contribution in [3.63, 3.8) is 0 Å². The lowest BCUT2D eigenvalue weighted by Crippen LogP contribution is -2.23. The number of rotatable bonds is 3. The number of carbonyl (C=O) groups excluding carboxylic acids is 1. The van der Waals surface area contributed by atoms with Crippen LogP contribution in [0.15, 0.2) is 30.4 Å². The molecule has 0 aromatic heterocycles. The van der Waals surface area contributed by atoms with Gasteiger partial charge in [-0.1, -0.05) is 41.4 Å². The number of carbonyl (C=O) groups is 1. The van der Waals surface area contributed by atoms with Gasteiger partial charge in [0.2, 0.25) is 0 Å². The third-order valence-corrected chi connectivity index (χ3v) is 3.53. The van der Waals surface area contributed by atoms with Gasteiger partial charge in [-0.3, -0.25) is 4.79 Å². The zero-order valence-electron chi connectivity index (χ0n) is 9.11. The van der Waals surface area contributed by atoms with Gasteiger partial charge in [-0.05, 0) is 24.1 Å². The lowest BCUT2D eigenvalue weighted by atomic mass is 9.85. The van der Waals surface area contributed by atoms with Gasteiger partial charge in [-0.15, -0.1) is 0 Å². The molecule has 0 fully saturated rings. The molecule has 0 N–H and O–H groups in total. The van der Waals surface area contributed by atoms with Gasteiger partial charge < -0.3 is 4.74 Å². The summed E-state index contributed by atoms with van der Waals surface area (Å²) >= 11 is 12.0. The molecule has 17 heavy (non-hydrogen) atoms. The molecule has 0 bridgehead atoms. The van der Waals surface area contributed by atoms with E-state index >= 15 is 0 Å². The number of hydrogen-bond acceptors (Lipinski definition) is 2. The fourth-order valence-electron chi connectivity index (χ4n) is 2.14. The Kier molecular flexibility index (Phi) is 4.08. The third kappa shape index (κ3) is 2.82. The third-order valence-electron chi connectivity index (χ3n) is 2.97. The number of hydrogen-bond donors (Lipinski definition) is 0. The van der Waals surface area contributed by atoms with Crippen LogP contribution in [0.4, 0.5) is 0 Å². The van der Waals surface area contributed by atoms with Crippen LogP contribution in [-0.4, -0.2) is 12.6 Å². The van der Waals surface area contributed by atoms with Crippen molar-refractivity contribution in [1.29, 1.82) is 0 Å². The van der Waals surface area contributed by atoms with E-state index in [1.807, 2.05) is 12.1 Å². The second-order valence-corrected chi connectivity index (χ2v) is 4.83. The van der Waals surface area contributed by atoms with Gasteiger partial charge in [0.1, 0.15) is 6.10 Å². The Hall–Kier alpha value is -0.990. The van der Waals surface area contributed by atoms with Crippen LogP contribution in [0.2, 0.25) is 10.0 Å². The summed E-state index contributed by atoms with van der Waals surface area (Å²) in [6.45, 7) is 0.501. The zero-order valence-corrected chi connectivity index (χ0v) is 10.6. The van der Waals surface area contributed by atoms with Gasteiger partial charge in [-0.2, -0.15) is 0 Å². The molecule has 1 aliphatic rings. The van der Waals surface area contributed by atoms with Gasteiger partial charge in [0, 0.05) is 22.4 Å². The first-order chi connectivity index (χ1) is 8.22. The Balaban J connectivity index is 2.30. The molecule has 4 heteroatoms. The van der Waals surface area contributed by atoms with Gasteiger partial charge in [0.15, 0.2) is 0 Å². The molecule has 1 aliphatic carbocycles. The van der Waals surface area contributed by atoms with Crippen molar-refractivity contribution >= 4 is 29.7 Å². The van der Waals surface area contributed by atoms with Crippen molar-refractivity contribution in [2.45, 2.75) is 24.9 Å². The standard InChI is InChI=1S/C13H12Cl2O2/c14-9-5-6-10(12(15)7-9)11-3-1-2-4-13(11)17-8-16/h1-2,5-8,11,13H,3-4H2. The summed E-state index contributed by atoms with van der Waals surface area (Å²) in [4.78, 5) is 10.5. The number of halogens is 2. The molecule has 90 valence electrons. The largest absolute Gasteiger partial charge is 0.464 e. The van der Waals surface area contributed by atoms with Crippen LogP contribution in [0.3, 0.4) is 0 Å². The number of benzene rings is 1. The lowest BCUT2D eigenvalue weighted by molar-refractivity contribution is -0.134. The zero-order chi connectivity index (χ0) is 12.3. The van der Waals surface area contributed by atoms with Crippen molar-refractivity contribution in [1.82, 2.24) is 0 Å². The highest BCUT2D eigenvalue weighted by Crippen LogP contribution is 2.36. The minimum atomic E-state index is -0.142. The smallest absolute Gasteiger partial charge is 0.293 e. The average Bonchev–Trinajstić information content (AvgIpc) is 2.31. The molecule has 2 rings (SSSR count). The monoisotopic (exact) mass is 270 g/mol. The molecule has 0 aliphatic heterocycles.